The van der Waals surface area contributed by atoms with Gasteiger partial charge in [0.15, 0.2) is 0 Å². The summed E-state index contributed by atoms with van der Waals surface area (Å²) < 4.78 is 40.6. The van der Waals surface area contributed by atoms with Gasteiger partial charge in [0.2, 0.25) is 0 Å². The first-order valence-corrected chi connectivity index (χ1v) is 11.0. The van der Waals surface area contributed by atoms with E-state index in [1.54, 1.807) is 24.3 Å². The summed E-state index contributed by atoms with van der Waals surface area (Å²) in [5.74, 6) is -1.42. The molecule has 0 fully saturated rings. The van der Waals surface area contributed by atoms with Crippen molar-refractivity contribution in [2.45, 2.75) is 11.3 Å². The van der Waals surface area contributed by atoms with Crippen molar-refractivity contribution in [1.29, 1.82) is 0 Å². The Bertz CT molecular complexity index is 1260. The van der Waals surface area contributed by atoms with Gasteiger partial charge in [-0.3, -0.25) is 24.2 Å². The van der Waals surface area contributed by atoms with Crippen LogP contribution in [-0.2, 0) is 16.4 Å². The highest BCUT2D eigenvalue weighted by atomic mass is 35.5. The number of carbonyl (C=O) groups is 2. The SMILES string of the molecule is O=C1c2cccnc2C(=O)N1CCc1ccc(S(=O)(=O)Nc2ccc(F)cc2Cl)cc1. The van der Waals surface area contributed by atoms with E-state index in [4.69, 9.17) is 11.6 Å². The third kappa shape index (κ3) is 4.14. The zero-order chi connectivity index (χ0) is 22.2. The minimum Gasteiger partial charge on any atom is -0.278 e. The number of halogens is 2. The van der Waals surface area contributed by atoms with Gasteiger partial charge < -0.3 is 0 Å². The van der Waals surface area contributed by atoms with E-state index in [9.17, 15) is 22.4 Å². The minimum atomic E-state index is -3.93. The van der Waals surface area contributed by atoms with Gasteiger partial charge in [0.05, 0.1) is 21.2 Å². The lowest BCUT2D eigenvalue weighted by atomic mass is 10.1. The normalized spacial score (nSPS) is 13.4. The second-order valence-electron chi connectivity index (χ2n) is 6.79. The van der Waals surface area contributed by atoms with Crippen LogP contribution in [0.1, 0.15) is 26.4 Å². The Labute approximate surface area is 182 Å². The van der Waals surface area contributed by atoms with Crippen LogP contribution in [-0.4, -0.2) is 36.7 Å². The smallest absolute Gasteiger partial charge is 0.278 e. The van der Waals surface area contributed by atoms with Crippen molar-refractivity contribution in [1.82, 2.24) is 9.88 Å². The molecule has 4 rings (SSSR count). The van der Waals surface area contributed by atoms with Crippen LogP contribution in [0.25, 0.3) is 0 Å². The number of hydrogen-bond acceptors (Lipinski definition) is 5. The molecular formula is C21H15ClFN3O4S. The van der Waals surface area contributed by atoms with Gasteiger partial charge in [-0.1, -0.05) is 23.7 Å². The number of sulfonamides is 1. The van der Waals surface area contributed by atoms with Gasteiger partial charge in [-0.15, -0.1) is 0 Å². The Hall–Kier alpha value is -3.30. The van der Waals surface area contributed by atoms with Crippen molar-refractivity contribution in [3.8, 4) is 0 Å². The standard InChI is InChI=1S/C21H15ClFN3O4S/c22-17-12-14(23)5-8-18(17)25-31(29,30)15-6-3-13(4-7-15)9-11-26-20(27)16-2-1-10-24-19(16)21(26)28/h1-8,10,12,25H,9,11H2. The molecule has 7 nitrogen and oxygen atoms in total. The van der Waals surface area contributed by atoms with Gasteiger partial charge in [0.25, 0.3) is 21.8 Å². The summed E-state index contributed by atoms with van der Waals surface area (Å²) in [4.78, 5) is 29.8. The Morgan fingerprint density at radius 1 is 1.03 bits per heavy atom. The third-order valence-corrected chi connectivity index (χ3v) is 6.46. The number of anilines is 1. The molecule has 10 heteroatoms. The lowest BCUT2D eigenvalue weighted by molar-refractivity contribution is 0.0654. The molecule has 2 amide bonds. The first kappa shape index (κ1) is 21.0. The number of fused-ring (bicyclic) bond motifs is 1. The molecule has 0 saturated heterocycles. The molecule has 1 aliphatic heterocycles. The van der Waals surface area contributed by atoms with Crippen molar-refractivity contribution in [3.63, 3.8) is 0 Å². The summed E-state index contributed by atoms with van der Waals surface area (Å²) in [6.07, 6.45) is 1.81. The Balaban J connectivity index is 1.44. The Morgan fingerprint density at radius 3 is 2.45 bits per heavy atom. The number of amides is 2. The third-order valence-electron chi connectivity index (χ3n) is 4.76. The molecule has 0 radical (unpaired) electrons. The first-order valence-electron chi connectivity index (χ1n) is 9.14. The van der Waals surface area contributed by atoms with Gasteiger partial charge in [0, 0.05) is 12.7 Å². The zero-order valence-corrected chi connectivity index (χ0v) is 17.5. The van der Waals surface area contributed by atoms with E-state index >= 15 is 0 Å². The molecule has 0 unspecified atom stereocenters. The van der Waals surface area contributed by atoms with E-state index in [-0.39, 0.29) is 33.4 Å². The number of nitrogens with one attached hydrogen (secondary N) is 1. The molecule has 0 aliphatic carbocycles. The fourth-order valence-electron chi connectivity index (χ4n) is 3.17. The number of carbonyl (C=O) groups excluding carboxylic acids is 2. The van der Waals surface area contributed by atoms with Crippen LogP contribution in [0.3, 0.4) is 0 Å². The molecule has 158 valence electrons. The van der Waals surface area contributed by atoms with Crippen LogP contribution in [0.15, 0.2) is 65.7 Å². The second-order valence-corrected chi connectivity index (χ2v) is 8.87. The number of aromatic nitrogens is 1. The van der Waals surface area contributed by atoms with Crippen LogP contribution in [0.5, 0.6) is 0 Å². The van der Waals surface area contributed by atoms with E-state index in [1.807, 2.05) is 0 Å². The van der Waals surface area contributed by atoms with E-state index in [1.165, 1.54) is 24.4 Å². The van der Waals surface area contributed by atoms with Crippen molar-refractivity contribution >= 4 is 39.1 Å². The van der Waals surface area contributed by atoms with Crippen LogP contribution >= 0.6 is 11.6 Å². The number of benzene rings is 2. The van der Waals surface area contributed by atoms with Crippen molar-refractivity contribution in [2.24, 2.45) is 0 Å². The quantitative estimate of drug-likeness (QED) is 0.569. The molecule has 1 N–H and O–H groups in total. The molecule has 3 aromatic rings. The number of pyridine rings is 1. The van der Waals surface area contributed by atoms with Crippen LogP contribution < -0.4 is 4.72 Å². The lowest BCUT2D eigenvalue weighted by Crippen LogP contribution is -2.31. The molecule has 0 saturated carbocycles. The second kappa shape index (κ2) is 8.09. The highest BCUT2D eigenvalue weighted by molar-refractivity contribution is 7.92. The zero-order valence-electron chi connectivity index (χ0n) is 15.9. The number of imide groups is 1. The average Bonchev–Trinajstić information content (AvgIpc) is 2.99. The molecule has 2 aromatic carbocycles. The van der Waals surface area contributed by atoms with Gasteiger partial charge in [0.1, 0.15) is 11.5 Å². The van der Waals surface area contributed by atoms with E-state index in [0.717, 1.165) is 22.6 Å². The molecular weight excluding hydrogens is 445 g/mol. The molecule has 0 atom stereocenters. The van der Waals surface area contributed by atoms with Crippen molar-refractivity contribution in [2.75, 3.05) is 11.3 Å². The molecule has 0 spiro atoms. The summed E-state index contributed by atoms with van der Waals surface area (Å²) in [5, 5.41) is -0.0596. The largest absolute Gasteiger partial charge is 0.280 e. The molecule has 1 aromatic heterocycles. The number of nitrogens with zero attached hydrogens (tertiary/aromatic N) is 2. The number of rotatable bonds is 6. The average molecular weight is 460 g/mol. The van der Waals surface area contributed by atoms with E-state index in [0.29, 0.717) is 6.42 Å². The van der Waals surface area contributed by atoms with Crippen LogP contribution in [0, 0.1) is 5.82 Å². The van der Waals surface area contributed by atoms with Crippen molar-refractivity contribution < 1.29 is 22.4 Å². The van der Waals surface area contributed by atoms with Crippen LogP contribution in [0.2, 0.25) is 5.02 Å². The highest BCUT2D eigenvalue weighted by Gasteiger charge is 2.36. The monoisotopic (exact) mass is 459 g/mol. The summed E-state index contributed by atoms with van der Waals surface area (Å²) in [6, 6.07) is 12.5. The first-order chi connectivity index (χ1) is 14.8. The molecule has 0 bridgehead atoms. The predicted molar refractivity (Wildman–Crippen MR) is 112 cm³/mol. The van der Waals surface area contributed by atoms with Crippen LogP contribution in [0.4, 0.5) is 10.1 Å². The maximum atomic E-state index is 13.1. The topological polar surface area (TPSA) is 96.4 Å². The maximum absolute atomic E-state index is 13.1. The summed E-state index contributed by atoms with van der Waals surface area (Å²) in [5.41, 5.74) is 1.22. The van der Waals surface area contributed by atoms with Gasteiger partial charge in [-0.2, -0.15) is 0 Å². The van der Waals surface area contributed by atoms with E-state index in [2.05, 4.69) is 9.71 Å². The Kier molecular flexibility index (Phi) is 5.47. The predicted octanol–water partition coefficient (Wildman–Crippen LogP) is 3.51. The van der Waals surface area contributed by atoms with Gasteiger partial charge in [-0.05, 0) is 54.4 Å². The summed E-state index contributed by atoms with van der Waals surface area (Å²) in [7, 11) is -3.93. The van der Waals surface area contributed by atoms with E-state index < -0.39 is 27.7 Å². The summed E-state index contributed by atoms with van der Waals surface area (Å²) in [6.45, 7) is 0.142. The highest BCUT2D eigenvalue weighted by Crippen LogP contribution is 2.26. The fraction of sp³-hybridized carbons (Fsp3) is 0.0952. The molecule has 2 heterocycles. The molecule has 31 heavy (non-hydrogen) atoms. The lowest BCUT2D eigenvalue weighted by Gasteiger charge is -2.14. The number of hydrogen-bond donors (Lipinski definition) is 1. The summed E-state index contributed by atoms with van der Waals surface area (Å²) >= 11 is 5.88. The van der Waals surface area contributed by atoms with Gasteiger partial charge in [-0.25, -0.2) is 12.8 Å². The molecule has 1 aliphatic rings. The fourth-order valence-corrected chi connectivity index (χ4v) is 4.52. The Morgan fingerprint density at radius 2 is 1.77 bits per heavy atom. The van der Waals surface area contributed by atoms with Gasteiger partial charge >= 0.3 is 0 Å². The minimum absolute atomic E-state index is 0.0124. The maximum Gasteiger partial charge on any atom is 0.280 e. The van der Waals surface area contributed by atoms with Crippen molar-refractivity contribution in [3.05, 3.63) is 88.5 Å².